The molecule has 0 radical (unpaired) electrons. The Bertz CT molecular complexity index is 288. The van der Waals surface area contributed by atoms with Crippen molar-refractivity contribution in [3.05, 3.63) is 0 Å². The first kappa shape index (κ1) is 13.9. The molecule has 0 saturated heterocycles. The summed E-state index contributed by atoms with van der Waals surface area (Å²) in [4.78, 5) is 12.0. The first-order valence-corrected chi connectivity index (χ1v) is 7.42. The summed E-state index contributed by atoms with van der Waals surface area (Å²) in [6, 6.07) is 0. The zero-order valence-electron chi connectivity index (χ0n) is 11.7. The molecule has 0 amide bonds. The predicted octanol–water partition coefficient (Wildman–Crippen LogP) is 2.91. The summed E-state index contributed by atoms with van der Waals surface area (Å²) in [5.74, 6) is 1.10. The summed E-state index contributed by atoms with van der Waals surface area (Å²) >= 11 is 0. The highest BCUT2D eigenvalue weighted by atomic mass is 16.6. The molecule has 0 heterocycles. The van der Waals surface area contributed by atoms with Gasteiger partial charge in [0.1, 0.15) is 5.60 Å². The van der Waals surface area contributed by atoms with Crippen LogP contribution in [0.25, 0.3) is 0 Å². The van der Waals surface area contributed by atoms with E-state index in [1.54, 1.807) is 0 Å². The molecule has 0 aromatic carbocycles. The Morgan fingerprint density at radius 2 is 2.00 bits per heavy atom. The van der Waals surface area contributed by atoms with Crippen LogP contribution in [0.3, 0.4) is 0 Å². The third-order valence-electron chi connectivity index (χ3n) is 4.83. The minimum atomic E-state index is -0.575. The van der Waals surface area contributed by atoms with E-state index >= 15 is 0 Å². The van der Waals surface area contributed by atoms with Crippen molar-refractivity contribution >= 4 is 5.97 Å². The van der Waals surface area contributed by atoms with Crippen LogP contribution in [0.1, 0.15) is 58.8 Å². The topological polar surface area (TPSA) is 46.5 Å². The third kappa shape index (κ3) is 2.87. The van der Waals surface area contributed by atoms with Crippen LogP contribution in [0.5, 0.6) is 0 Å². The van der Waals surface area contributed by atoms with E-state index in [2.05, 4.69) is 0 Å². The first-order chi connectivity index (χ1) is 8.58. The maximum absolute atomic E-state index is 12.0. The van der Waals surface area contributed by atoms with Crippen LogP contribution in [0, 0.1) is 17.8 Å². The fourth-order valence-electron chi connectivity index (χ4n) is 3.63. The molecular formula is C15H26O3. The van der Waals surface area contributed by atoms with E-state index < -0.39 is 5.60 Å². The molecule has 2 fully saturated rings. The second-order valence-electron chi connectivity index (χ2n) is 6.38. The molecule has 2 aliphatic rings. The smallest absolute Gasteiger partial charge is 0.309 e. The molecule has 2 aliphatic carbocycles. The molecule has 2 bridgehead atoms. The lowest BCUT2D eigenvalue weighted by Crippen LogP contribution is -2.48. The van der Waals surface area contributed by atoms with Crippen molar-refractivity contribution in [2.75, 3.05) is 6.61 Å². The Morgan fingerprint density at radius 3 is 2.50 bits per heavy atom. The molecule has 2 saturated carbocycles. The zero-order valence-corrected chi connectivity index (χ0v) is 11.7. The van der Waals surface area contributed by atoms with Crippen LogP contribution >= 0.6 is 0 Å². The summed E-state index contributed by atoms with van der Waals surface area (Å²) in [6.45, 7) is 3.88. The number of carbonyl (C=O) groups is 1. The molecule has 3 nitrogen and oxygen atoms in total. The Kier molecular flexibility index (Phi) is 4.31. The Labute approximate surface area is 110 Å². The summed E-state index contributed by atoms with van der Waals surface area (Å²) in [5, 5.41) is 9.72. The molecule has 3 unspecified atom stereocenters. The number of rotatable bonds is 4. The minimum absolute atomic E-state index is 0.0117. The second-order valence-corrected chi connectivity index (χ2v) is 6.38. The van der Waals surface area contributed by atoms with Gasteiger partial charge in [-0.3, -0.25) is 4.79 Å². The van der Waals surface area contributed by atoms with Gasteiger partial charge < -0.3 is 9.84 Å². The maximum atomic E-state index is 12.0. The predicted molar refractivity (Wildman–Crippen MR) is 70.0 cm³/mol. The third-order valence-corrected chi connectivity index (χ3v) is 4.83. The largest absolute Gasteiger partial charge is 0.456 e. The SMILES string of the molecule is CCC(C)C(=O)OC1(CO)CC2CCCC(C2)C1. The van der Waals surface area contributed by atoms with E-state index in [0.717, 1.165) is 19.3 Å². The number of hydrogen-bond donors (Lipinski definition) is 1. The summed E-state index contributed by atoms with van der Waals surface area (Å²) in [6.07, 6.45) is 7.56. The molecule has 0 aromatic rings. The van der Waals surface area contributed by atoms with Crippen LogP contribution in [-0.4, -0.2) is 23.3 Å². The first-order valence-electron chi connectivity index (χ1n) is 7.42. The van der Waals surface area contributed by atoms with E-state index in [9.17, 15) is 9.90 Å². The van der Waals surface area contributed by atoms with E-state index in [1.165, 1.54) is 25.7 Å². The van der Waals surface area contributed by atoms with Gasteiger partial charge in [0.2, 0.25) is 0 Å². The number of esters is 1. The standard InChI is InChI=1S/C15H26O3/c1-3-11(2)14(17)18-15(10-16)8-12-5-4-6-13(7-12)9-15/h11-13,16H,3-10H2,1-2H3. The fourth-order valence-corrected chi connectivity index (χ4v) is 3.63. The van der Waals surface area contributed by atoms with Crippen molar-refractivity contribution in [2.45, 2.75) is 64.4 Å². The van der Waals surface area contributed by atoms with Gasteiger partial charge in [0.25, 0.3) is 0 Å². The molecule has 2 rings (SSSR count). The number of aliphatic hydroxyl groups excluding tert-OH is 1. The van der Waals surface area contributed by atoms with Gasteiger partial charge in [-0.1, -0.05) is 33.1 Å². The van der Waals surface area contributed by atoms with Crippen LogP contribution in [0.2, 0.25) is 0 Å². The van der Waals surface area contributed by atoms with Gasteiger partial charge >= 0.3 is 5.97 Å². The highest BCUT2D eigenvalue weighted by molar-refractivity contribution is 5.72. The molecule has 0 aromatic heterocycles. The van der Waals surface area contributed by atoms with Gasteiger partial charge in [-0.15, -0.1) is 0 Å². The monoisotopic (exact) mass is 254 g/mol. The van der Waals surface area contributed by atoms with Gasteiger partial charge in [-0.25, -0.2) is 0 Å². The lowest BCUT2D eigenvalue weighted by molar-refractivity contribution is -0.180. The quantitative estimate of drug-likeness (QED) is 0.785. The average Bonchev–Trinajstić information content (AvgIpc) is 2.37. The number of fused-ring (bicyclic) bond motifs is 2. The maximum Gasteiger partial charge on any atom is 0.309 e. The number of aliphatic hydroxyl groups is 1. The number of hydrogen-bond acceptors (Lipinski definition) is 3. The van der Waals surface area contributed by atoms with Crippen molar-refractivity contribution in [1.82, 2.24) is 0 Å². The Hall–Kier alpha value is -0.570. The lowest BCUT2D eigenvalue weighted by atomic mass is 9.66. The van der Waals surface area contributed by atoms with Crippen molar-refractivity contribution < 1.29 is 14.6 Å². The fraction of sp³-hybridized carbons (Fsp3) is 0.933. The highest BCUT2D eigenvalue weighted by Gasteiger charge is 2.44. The minimum Gasteiger partial charge on any atom is -0.456 e. The molecule has 0 aliphatic heterocycles. The summed E-state index contributed by atoms with van der Waals surface area (Å²) in [5.41, 5.74) is -0.575. The Balaban J connectivity index is 2.04. The van der Waals surface area contributed by atoms with Crippen LogP contribution in [0.4, 0.5) is 0 Å². The van der Waals surface area contributed by atoms with Crippen LogP contribution in [-0.2, 0) is 9.53 Å². The van der Waals surface area contributed by atoms with Crippen molar-refractivity contribution in [3.63, 3.8) is 0 Å². The van der Waals surface area contributed by atoms with Gasteiger partial charge in [0.05, 0.1) is 12.5 Å². The van der Waals surface area contributed by atoms with Crippen LogP contribution in [0.15, 0.2) is 0 Å². The molecule has 1 N–H and O–H groups in total. The van der Waals surface area contributed by atoms with E-state index in [4.69, 9.17) is 4.74 Å². The summed E-state index contributed by atoms with van der Waals surface area (Å²) < 4.78 is 5.73. The normalized spacial score (nSPS) is 37.1. The number of ether oxygens (including phenoxy) is 1. The van der Waals surface area contributed by atoms with Crippen molar-refractivity contribution in [2.24, 2.45) is 17.8 Å². The van der Waals surface area contributed by atoms with E-state index in [1.807, 2.05) is 13.8 Å². The van der Waals surface area contributed by atoms with Gasteiger partial charge in [-0.2, -0.15) is 0 Å². The molecule has 3 heteroatoms. The zero-order chi connectivity index (χ0) is 13.2. The molecule has 104 valence electrons. The number of carbonyl (C=O) groups excluding carboxylic acids is 1. The van der Waals surface area contributed by atoms with Crippen LogP contribution < -0.4 is 0 Å². The van der Waals surface area contributed by atoms with Gasteiger partial charge in [-0.05, 0) is 37.5 Å². The summed E-state index contributed by atoms with van der Waals surface area (Å²) in [7, 11) is 0. The van der Waals surface area contributed by atoms with Gasteiger partial charge in [0.15, 0.2) is 0 Å². The second kappa shape index (κ2) is 5.60. The Morgan fingerprint density at radius 1 is 1.39 bits per heavy atom. The molecule has 18 heavy (non-hydrogen) atoms. The molecule has 0 spiro atoms. The van der Waals surface area contributed by atoms with E-state index in [-0.39, 0.29) is 18.5 Å². The lowest BCUT2D eigenvalue weighted by Gasteiger charge is -2.45. The average molecular weight is 254 g/mol. The van der Waals surface area contributed by atoms with Crippen molar-refractivity contribution in [1.29, 1.82) is 0 Å². The van der Waals surface area contributed by atoms with E-state index in [0.29, 0.717) is 11.8 Å². The van der Waals surface area contributed by atoms with Gasteiger partial charge in [0, 0.05) is 0 Å². The van der Waals surface area contributed by atoms with Crippen molar-refractivity contribution in [3.8, 4) is 0 Å². The highest BCUT2D eigenvalue weighted by Crippen LogP contribution is 2.46. The molecule has 3 atom stereocenters. The molecular weight excluding hydrogens is 228 g/mol.